The predicted molar refractivity (Wildman–Crippen MR) is 79.0 cm³/mol. The van der Waals surface area contributed by atoms with E-state index in [-0.39, 0.29) is 0 Å². The lowest BCUT2D eigenvalue weighted by Crippen LogP contribution is -2.45. The second-order valence-corrected chi connectivity index (χ2v) is 5.20. The first-order valence-electron chi connectivity index (χ1n) is 7.15. The monoisotopic (exact) mass is 271 g/mol. The van der Waals surface area contributed by atoms with Crippen molar-refractivity contribution in [3.63, 3.8) is 0 Å². The molecule has 1 fully saturated rings. The van der Waals surface area contributed by atoms with Gasteiger partial charge in [-0.25, -0.2) is 5.84 Å². The van der Waals surface area contributed by atoms with Crippen molar-refractivity contribution in [2.24, 2.45) is 16.8 Å². The maximum absolute atomic E-state index is 5.55. The number of guanidine groups is 1. The Bertz CT molecular complexity index is 272. The van der Waals surface area contributed by atoms with Crippen LogP contribution < -0.4 is 11.3 Å². The third-order valence-electron chi connectivity index (χ3n) is 3.42. The van der Waals surface area contributed by atoms with E-state index >= 15 is 0 Å². The lowest BCUT2D eigenvalue weighted by molar-refractivity contribution is 0.146. The molecule has 6 heteroatoms. The molecule has 1 aliphatic rings. The van der Waals surface area contributed by atoms with Gasteiger partial charge in [0, 0.05) is 39.9 Å². The first kappa shape index (κ1) is 16.2. The van der Waals surface area contributed by atoms with Crippen LogP contribution in [0.4, 0.5) is 0 Å². The number of nitrogens with zero attached hydrogens (tertiary/aromatic N) is 3. The van der Waals surface area contributed by atoms with Gasteiger partial charge < -0.3 is 14.5 Å². The number of aliphatic imine (C=N–C) groups is 1. The maximum Gasteiger partial charge on any atom is 0.208 e. The summed E-state index contributed by atoms with van der Waals surface area (Å²) in [6, 6.07) is 0. The normalized spacial score (nSPS) is 20.8. The molecule has 0 saturated carbocycles. The number of rotatable bonds is 7. The summed E-state index contributed by atoms with van der Waals surface area (Å²) in [5.41, 5.74) is 2.70. The highest BCUT2D eigenvalue weighted by atomic mass is 16.5. The van der Waals surface area contributed by atoms with E-state index in [0.29, 0.717) is 5.92 Å². The first-order chi connectivity index (χ1) is 9.17. The molecular weight excluding hydrogens is 242 g/mol. The smallest absolute Gasteiger partial charge is 0.208 e. The molecule has 1 heterocycles. The first-order valence-corrected chi connectivity index (χ1v) is 7.15. The van der Waals surface area contributed by atoms with E-state index in [9.17, 15) is 0 Å². The van der Waals surface area contributed by atoms with Crippen molar-refractivity contribution in [2.45, 2.75) is 19.8 Å². The van der Waals surface area contributed by atoms with Gasteiger partial charge in [0.05, 0.1) is 0 Å². The fourth-order valence-electron chi connectivity index (χ4n) is 2.42. The van der Waals surface area contributed by atoms with Crippen LogP contribution in [0, 0.1) is 5.92 Å². The number of likely N-dealkylation sites (tertiary alicyclic amines) is 1. The van der Waals surface area contributed by atoms with Crippen molar-refractivity contribution in [1.29, 1.82) is 0 Å². The Balaban J connectivity index is 2.29. The highest BCUT2D eigenvalue weighted by molar-refractivity contribution is 5.79. The van der Waals surface area contributed by atoms with Crippen LogP contribution in [0.25, 0.3) is 0 Å². The van der Waals surface area contributed by atoms with Gasteiger partial charge in [-0.3, -0.25) is 10.4 Å². The summed E-state index contributed by atoms with van der Waals surface area (Å²) in [7, 11) is 4.21. The molecule has 1 aliphatic heterocycles. The van der Waals surface area contributed by atoms with Gasteiger partial charge in [0.25, 0.3) is 0 Å². The topological polar surface area (TPSA) is 66.1 Å². The maximum atomic E-state index is 5.55. The van der Waals surface area contributed by atoms with Crippen LogP contribution in [-0.2, 0) is 4.74 Å². The lowest BCUT2D eigenvalue weighted by Gasteiger charge is -2.24. The molecule has 1 atom stereocenters. The molecule has 0 aliphatic carbocycles. The van der Waals surface area contributed by atoms with Crippen molar-refractivity contribution in [1.82, 2.24) is 15.2 Å². The van der Waals surface area contributed by atoms with E-state index in [4.69, 9.17) is 10.6 Å². The summed E-state index contributed by atoms with van der Waals surface area (Å²) in [6.45, 7) is 7.62. The Hall–Kier alpha value is -0.850. The molecule has 0 aromatic heterocycles. The van der Waals surface area contributed by atoms with Crippen LogP contribution in [0.5, 0.6) is 0 Å². The van der Waals surface area contributed by atoms with E-state index in [1.165, 1.54) is 13.0 Å². The van der Waals surface area contributed by atoms with Crippen molar-refractivity contribution in [2.75, 3.05) is 53.5 Å². The van der Waals surface area contributed by atoms with Gasteiger partial charge in [-0.15, -0.1) is 0 Å². The molecule has 6 nitrogen and oxygen atoms in total. The number of ether oxygens (including phenoxy) is 1. The van der Waals surface area contributed by atoms with Crippen LogP contribution in [0.1, 0.15) is 19.8 Å². The summed E-state index contributed by atoms with van der Waals surface area (Å²) >= 11 is 0. The van der Waals surface area contributed by atoms with Gasteiger partial charge in [-0.05, 0) is 39.3 Å². The van der Waals surface area contributed by atoms with Gasteiger partial charge in [0.1, 0.15) is 0 Å². The van der Waals surface area contributed by atoms with Crippen LogP contribution in [-0.4, -0.2) is 69.2 Å². The molecular formula is C13H29N5O. The minimum Gasteiger partial charge on any atom is -0.382 e. The van der Waals surface area contributed by atoms with Crippen molar-refractivity contribution < 1.29 is 4.74 Å². The fourth-order valence-corrected chi connectivity index (χ4v) is 2.42. The summed E-state index contributed by atoms with van der Waals surface area (Å²) in [4.78, 5) is 8.97. The molecule has 0 amide bonds. The molecule has 19 heavy (non-hydrogen) atoms. The van der Waals surface area contributed by atoms with Crippen LogP contribution >= 0.6 is 0 Å². The minimum absolute atomic E-state index is 0.706. The highest BCUT2D eigenvalue weighted by Crippen LogP contribution is 2.14. The summed E-state index contributed by atoms with van der Waals surface area (Å²) < 4.78 is 5.29. The van der Waals surface area contributed by atoms with Crippen molar-refractivity contribution >= 4 is 5.96 Å². The number of nitrogens with one attached hydrogen (secondary N) is 1. The fraction of sp³-hybridized carbons (Fsp3) is 0.923. The van der Waals surface area contributed by atoms with E-state index in [0.717, 1.165) is 45.2 Å². The molecule has 1 saturated heterocycles. The quantitative estimate of drug-likeness (QED) is 0.226. The van der Waals surface area contributed by atoms with Gasteiger partial charge in [0.15, 0.2) is 0 Å². The number of hydrogen-bond donors (Lipinski definition) is 2. The van der Waals surface area contributed by atoms with Gasteiger partial charge in [0.2, 0.25) is 5.96 Å². The van der Waals surface area contributed by atoms with E-state index in [1.807, 2.05) is 14.0 Å². The van der Waals surface area contributed by atoms with Crippen LogP contribution in [0.3, 0.4) is 0 Å². The Morgan fingerprint density at radius 3 is 2.95 bits per heavy atom. The SMILES string of the molecule is CCOCCCN=C(NN)N(C)CC1CCN(C)C1. The van der Waals surface area contributed by atoms with Gasteiger partial charge >= 0.3 is 0 Å². The average Bonchev–Trinajstić information content (AvgIpc) is 2.79. The lowest BCUT2D eigenvalue weighted by atomic mass is 10.1. The zero-order chi connectivity index (χ0) is 14.1. The standard InChI is InChI=1S/C13H29N5O/c1-4-19-9-5-7-15-13(16-14)18(3)11-12-6-8-17(2)10-12/h12H,4-11,14H2,1-3H3,(H,15,16). The summed E-state index contributed by atoms with van der Waals surface area (Å²) in [5.74, 6) is 7.03. The number of hydrogen-bond acceptors (Lipinski definition) is 4. The largest absolute Gasteiger partial charge is 0.382 e. The van der Waals surface area contributed by atoms with E-state index in [1.54, 1.807) is 0 Å². The summed E-state index contributed by atoms with van der Waals surface area (Å²) in [6.07, 6.45) is 2.18. The van der Waals surface area contributed by atoms with E-state index < -0.39 is 0 Å². The predicted octanol–water partition coefficient (Wildman–Crippen LogP) is 0.116. The second-order valence-electron chi connectivity index (χ2n) is 5.20. The van der Waals surface area contributed by atoms with Gasteiger partial charge in [-0.1, -0.05) is 0 Å². The molecule has 0 spiro atoms. The molecule has 3 N–H and O–H groups in total. The molecule has 0 aromatic rings. The number of hydrazine groups is 1. The average molecular weight is 271 g/mol. The molecule has 0 bridgehead atoms. The molecule has 0 radical (unpaired) electrons. The third kappa shape index (κ3) is 6.22. The molecule has 1 rings (SSSR count). The molecule has 1 unspecified atom stereocenters. The molecule has 0 aromatic carbocycles. The Labute approximate surface area is 117 Å². The van der Waals surface area contributed by atoms with Crippen LogP contribution in [0.15, 0.2) is 4.99 Å². The zero-order valence-electron chi connectivity index (χ0n) is 12.6. The third-order valence-corrected chi connectivity index (χ3v) is 3.42. The number of nitrogens with two attached hydrogens (primary N) is 1. The Morgan fingerprint density at radius 1 is 1.58 bits per heavy atom. The van der Waals surface area contributed by atoms with Gasteiger partial charge in [-0.2, -0.15) is 0 Å². The zero-order valence-corrected chi connectivity index (χ0v) is 12.6. The Morgan fingerprint density at radius 2 is 2.37 bits per heavy atom. The molecule has 112 valence electrons. The van der Waals surface area contributed by atoms with Crippen molar-refractivity contribution in [3.8, 4) is 0 Å². The minimum atomic E-state index is 0.706. The summed E-state index contributed by atoms with van der Waals surface area (Å²) in [5, 5.41) is 0. The Kier molecular flexibility index (Phi) is 7.78. The van der Waals surface area contributed by atoms with Crippen molar-refractivity contribution in [3.05, 3.63) is 0 Å². The van der Waals surface area contributed by atoms with Crippen LogP contribution in [0.2, 0.25) is 0 Å². The van der Waals surface area contributed by atoms with E-state index in [2.05, 4.69) is 27.3 Å². The highest BCUT2D eigenvalue weighted by Gasteiger charge is 2.21. The second kappa shape index (κ2) is 9.12.